The molecular formula is C50H46ClNO. The highest BCUT2D eigenvalue weighted by molar-refractivity contribution is 6.30. The minimum atomic E-state index is -0.0296. The third kappa shape index (κ3) is 8.40. The zero-order valence-electron chi connectivity index (χ0n) is 31.4. The predicted octanol–water partition coefficient (Wildman–Crippen LogP) is 15.2. The third-order valence-corrected chi connectivity index (χ3v) is 9.86. The maximum absolute atomic E-state index is 6.81. The summed E-state index contributed by atoms with van der Waals surface area (Å²) >= 11 is 6.67. The minimum Gasteiger partial charge on any atom is -0.457 e. The molecule has 0 unspecified atom stereocenters. The van der Waals surface area contributed by atoms with Crippen molar-refractivity contribution in [2.45, 2.75) is 52.4 Å². The first-order valence-corrected chi connectivity index (χ1v) is 18.6. The number of rotatable bonds is 8. The van der Waals surface area contributed by atoms with Crippen LogP contribution in [0, 0.1) is 0 Å². The van der Waals surface area contributed by atoms with Gasteiger partial charge in [-0.15, -0.1) is 0 Å². The Morgan fingerprint density at radius 1 is 0.377 bits per heavy atom. The first-order valence-electron chi connectivity index (χ1n) is 18.3. The fourth-order valence-corrected chi connectivity index (χ4v) is 6.78. The fourth-order valence-electron chi connectivity index (χ4n) is 6.60. The van der Waals surface area contributed by atoms with Crippen molar-refractivity contribution in [1.82, 2.24) is 0 Å². The molecule has 0 amide bonds. The normalized spacial score (nSPS) is 11.7. The van der Waals surface area contributed by atoms with Crippen LogP contribution in [0.4, 0.5) is 17.1 Å². The molecule has 0 N–H and O–H groups in total. The van der Waals surface area contributed by atoms with Crippen molar-refractivity contribution in [2.75, 3.05) is 4.90 Å². The van der Waals surface area contributed by atoms with Crippen LogP contribution in [0.2, 0.25) is 5.02 Å². The van der Waals surface area contributed by atoms with E-state index < -0.39 is 0 Å². The van der Waals surface area contributed by atoms with Gasteiger partial charge in [0.25, 0.3) is 0 Å². The number of hydrogen-bond acceptors (Lipinski definition) is 2. The Kier molecular flexibility index (Phi) is 10.0. The molecule has 264 valence electrons. The van der Waals surface area contributed by atoms with Gasteiger partial charge in [-0.3, -0.25) is 0 Å². The lowest BCUT2D eigenvalue weighted by molar-refractivity contribution is 0.483. The van der Waals surface area contributed by atoms with Gasteiger partial charge in [0, 0.05) is 22.5 Å². The van der Waals surface area contributed by atoms with E-state index in [0.717, 1.165) is 56.4 Å². The summed E-state index contributed by atoms with van der Waals surface area (Å²) in [6.07, 6.45) is 0. The highest BCUT2D eigenvalue weighted by Crippen LogP contribution is 2.43. The van der Waals surface area contributed by atoms with Gasteiger partial charge in [0.1, 0.15) is 11.5 Å². The smallest absolute Gasteiger partial charge is 0.130 e. The first kappa shape index (κ1) is 35.8. The number of anilines is 3. The number of benzene rings is 7. The summed E-state index contributed by atoms with van der Waals surface area (Å²) in [6.45, 7) is 13.7. The predicted molar refractivity (Wildman–Crippen MR) is 226 cm³/mol. The fraction of sp³-hybridized carbons (Fsp3) is 0.160. The van der Waals surface area contributed by atoms with E-state index in [-0.39, 0.29) is 10.8 Å². The highest BCUT2D eigenvalue weighted by Gasteiger charge is 2.23. The Morgan fingerprint density at radius 2 is 0.906 bits per heavy atom. The second-order valence-electron chi connectivity index (χ2n) is 15.7. The quantitative estimate of drug-likeness (QED) is 0.156. The van der Waals surface area contributed by atoms with Crippen LogP contribution in [-0.4, -0.2) is 0 Å². The van der Waals surface area contributed by atoms with Crippen molar-refractivity contribution in [2.24, 2.45) is 0 Å². The third-order valence-electron chi connectivity index (χ3n) is 9.62. The number of nitrogens with zero attached hydrogens (tertiary/aromatic N) is 1. The lowest BCUT2D eigenvalue weighted by atomic mass is 9.79. The molecule has 7 aromatic rings. The lowest BCUT2D eigenvalue weighted by Gasteiger charge is -2.28. The van der Waals surface area contributed by atoms with Crippen molar-refractivity contribution in [3.05, 3.63) is 186 Å². The van der Waals surface area contributed by atoms with Crippen LogP contribution in [-0.2, 0) is 10.8 Å². The molecule has 0 heterocycles. The zero-order chi connectivity index (χ0) is 37.2. The van der Waals surface area contributed by atoms with E-state index in [0.29, 0.717) is 5.02 Å². The van der Waals surface area contributed by atoms with Gasteiger partial charge in [0.05, 0.1) is 5.69 Å². The van der Waals surface area contributed by atoms with Crippen molar-refractivity contribution < 1.29 is 4.74 Å². The minimum absolute atomic E-state index is 0.0296. The summed E-state index contributed by atoms with van der Waals surface area (Å²) in [6, 6.07) is 59.6. The monoisotopic (exact) mass is 711 g/mol. The van der Waals surface area contributed by atoms with Crippen molar-refractivity contribution >= 4 is 28.7 Å². The average molecular weight is 712 g/mol. The van der Waals surface area contributed by atoms with E-state index in [9.17, 15) is 0 Å². The molecule has 0 fully saturated rings. The van der Waals surface area contributed by atoms with Crippen molar-refractivity contribution in [3.63, 3.8) is 0 Å². The van der Waals surface area contributed by atoms with Gasteiger partial charge in [0.2, 0.25) is 0 Å². The van der Waals surface area contributed by atoms with Crippen LogP contribution in [0.15, 0.2) is 170 Å². The highest BCUT2D eigenvalue weighted by atomic mass is 35.5. The Bertz CT molecular complexity index is 2300. The molecule has 0 aliphatic heterocycles. The first-order chi connectivity index (χ1) is 25.4. The molecule has 0 atom stereocenters. The van der Waals surface area contributed by atoms with Crippen molar-refractivity contribution in [3.8, 4) is 44.9 Å². The Labute approximate surface area is 320 Å². The van der Waals surface area contributed by atoms with Gasteiger partial charge in [-0.05, 0) is 110 Å². The van der Waals surface area contributed by atoms with Gasteiger partial charge in [-0.2, -0.15) is 0 Å². The number of ether oxygens (including phenoxy) is 1. The molecule has 53 heavy (non-hydrogen) atoms. The molecule has 0 aromatic heterocycles. The summed E-state index contributed by atoms with van der Waals surface area (Å²) < 4.78 is 6.81. The molecule has 0 aliphatic rings. The van der Waals surface area contributed by atoms with E-state index in [1.165, 1.54) is 16.7 Å². The molecule has 7 aromatic carbocycles. The summed E-state index contributed by atoms with van der Waals surface area (Å²) in [4.78, 5) is 2.26. The molecule has 0 spiro atoms. The van der Waals surface area contributed by atoms with E-state index in [4.69, 9.17) is 16.3 Å². The van der Waals surface area contributed by atoms with Crippen LogP contribution in [0.1, 0.15) is 52.7 Å². The molecule has 0 bridgehead atoms. The van der Waals surface area contributed by atoms with Gasteiger partial charge in [-0.1, -0.05) is 162 Å². The second-order valence-corrected chi connectivity index (χ2v) is 16.2. The van der Waals surface area contributed by atoms with E-state index in [1.807, 2.05) is 36.4 Å². The molecule has 2 nitrogen and oxygen atoms in total. The van der Waals surface area contributed by atoms with E-state index in [2.05, 4.69) is 180 Å². The molecule has 0 aliphatic carbocycles. The molecule has 7 rings (SSSR count). The maximum atomic E-state index is 6.81. The Balaban J connectivity index is 1.42. The summed E-state index contributed by atoms with van der Waals surface area (Å²) in [5.74, 6) is 1.52. The molecule has 0 saturated carbocycles. The van der Waals surface area contributed by atoms with Gasteiger partial charge < -0.3 is 9.64 Å². The largest absolute Gasteiger partial charge is 0.457 e. The van der Waals surface area contributed by atoms with Crippen molar-refractivity contribution in [1.29, 1.82) is 0 Å². The van der Waals surface area contributed by atoms with E-state index in [1.54, 1.807) is 0 Å². The van der Waals surface area contributed by atoms with Gasteiger partial charge in [0.15, 0.2) is 0 Å². The van der Waals surface area contributed by atoms with Gasteiger partial charge in [-0.25, -0.2) is 0 Å². The maximum Gasteiger partial charge on any atom is 0.130 e. The molecule has 0 saturated heterocycles. The van der Waals surface area contributed by atoms with E-state index >= 15 is 0 Å². The topological polar surface area (TPSA) is 12.5 Å². The molecule has 3 heteroatoms. The van der Waals surface area contributed by atoms with Crippen LogP contribution in [0.25, 0.3) is 33.4 Å². The number of halogens is 1. The molecular weight excluding hydrogens is 666 g/mol. The van der Waals surface area contributed by atoms with Crippen LogP contribution in [0.5, 0.6) is 11.5 Å². The zero-order valence-corrected chi connectivity index (χ0v) is 32.2. The lowest BCUT2D eigenvalue weighted by Crippen LogP contribution is -2.16. The Morgan fingerprint density at radius 3 is 1.51 bits per heavy atom. The average Bonchev–Trinajstić information content (AvgIpc) is 3.15. The van der Waals surface area contributed by atoms with Crippen LogP contribution < -0.4 is 9.64 Å². The summed E-state index contributed by atoms with van der Waals surface area (Å²) in [5.41, 5.74) is 12.3. The van der Waals surface area contributed by atoms with Gasteiger partial charge >= 0.3 is 0 Å². The number of hydrogen-bond donors (Lipinski definition) is 0. The SMILES string of the molecule is CC(C)(C)c1cc(-c2cc(Oc3cccc(-c4ccccc4)c3)cc(N(c3ccc(-c4ccccc4)cc3)c3cccc(Cl)c3)c2)cc(C(C)(C)C)c1. The standard InChI is InChI=1S/C50H46ClNO/c1-49(2,3)41-27-39(28-42(32-41)50(4,5)6)40-29-46(34-48(31-40)53-47-22-13-19-38(30-47)36-17-11-8-12-18-36)52(45-21-14-20-43(51)33-45)44-25-23-37(24-26-44)35-15-9-7-10-16-35/h7-34H,1-6H3. The molecule has 0 radical (unpaired) electrons. The second kappa shape index (κ2) is 14.8. The van der Waals surface area contributed by atoms with Crippen LogP contribution >= 0.6 is 11.6 Å². The van der Waals surface area contributed by atoms with Crippen LogP contribution in [0.3, 0.4) is 0 Å². The Hall–Kier alpha value is -5.57. The summed E-state index contributed by atoms with van der Waals surface area (Å²) in [7, 11) is 0. The summed E-state index contributed by atoms with van der Waals surface area (Å²) in [5, 5.41) is 0.673.